The molecule has 0 atom stereocenters. The summed E-state index contributed by atoms with van der Waals surface area (Å²) >= 11 is 0. The molecule has 2 heterocycles. The van der Waals surface area contributed by atoms with E-state index in [0.717, 1.165) is 12.8 Å². The summed E-state index contributed by atoms with van der Waals surface area (Å²) in [7, 11) is -3.78. The van der Waals surface area contributed by atoms with E-state index in [0.29, 0.717) is 30.3 Å². The number of hydrogen-bond donors (Lipinski definition) is 2. The molecule has 130 valence electrons. The van der Waals surface area contributed by atoms with Gasteiger partial charge in [0.2, 0.25) is 21.8 Å². The average molecular weight is 351 g/mol. The Balaban J connectivity index is 1.63. The number of amides is 2. The summed E-state index contributed by atoms with van der Waals surface area (Å²) in [5.41, 5.74) is 1.29. The van der Waals surface area contributed by atoms with Gasteiger partial charge in [-0.15, -0.1) is 0 Å². The van der Waals surface area contributed by atoms with Crippen molar-refractivity contribution in [3.8, 4) is 0 Å². The van der Waals surface area contributed by atoms with Gasteiger partial charge in [-0.2, -0.15) is 0 Å². The van der Waals surface area contributed by atoms with Crippen LogP contribution in [0.5, 0.6) is 0 Å². The van der Waals surface area contributed by atoms with Crippen LogP contribution in [-0.2, 0) is 26.0 Å². The minimum atomic E-state index is -3.78. The molecule has 2 aliphatic rings. The monoisotopic (exact) mass is 351 g/mol. The van der Waals surface area contributed by atoms with Gasteiger partial charge in [-0.25, -0.2) is 13.1 Å². The number of carbonyl (C=O) groups is 2. The number of nitrogens with zero attached hydrogens (tertiary/aromatic N) is 1. The Hall–Kier alpha value is -1.93. The second-order valence-corrected chi connectivity index (χ2v) is 8.20. The number of piperidine rings is 1. The van der Waals surface area contributed by atoms with Crippen molar-refractivity contribution in [2.24, 2.45) is 5.92 Å². The van der Waals surface area contributed by atoms with Gasteiger partial charge >= 0.3 is 0 Å². The van der Waals surface area contributed by atoms with Gasteiger partial charge < -0.3 is 10.2 Å². The molecule has 8 heteroatoms. The van der Waals surface area contributed by atoms with Crippen LogP contribution in [0.25, 0.3) is 0 Å². The van der Waals surface area contributed by atoms with Gasteiger partial charge in [-0.3, -0.25) is 9.59 Å². The summed E-state index contributed by atoms with van der Waals surface area (Å²) in [6, 6.07) is 4.48. The molecule has 3 rings (SSSR count). The van der Waals surface area contributed by atoms with Crippen molar-refractivity contribution in [3.05, 3.63) is 23.8 Å². The summed E-state index contributed by atoms with van der Waals surface area (Å²) in [6.45, 7) is 3.26. The predicted molar refractivity (Wildman–Crippen MR) is 88.9 cm³/mol. The summed E-state index contributed by atoms with van der Waals surface area (Å²) in [5.74, 6) is 0.249. The van der Waals surface area contributed by atoms with Crippen molar-refractivity contribution < 1.29 is 18.0 Å². The van der Waals surface area contributed by atoms with E-state index < -0.39 is 10.0 Å². The Morgan fingerprint density at radius 2 is 2.04 bits per heavy atom. The van der Waals surface area contributed by atoms with E-state index >= 15 is 0 Å². The average Bonchev–Trinajstić information content (AvgIpc) is 2.92. The molecule has 0 unspecified atom stereocenters. The molecular formula is C16H21N3O4S. The molecule has 1 aromatic rings. The van der Waals surface area contributed by atoms with Gasteiger partial charge in [0.05, 0.1) is 17.9 Å². The highest BCUT2D eigenvalue weighted by molar-refractivity contribution is 7.89. The number of anilines is 1. The smallest absolute Gasteiger partial charge is 0.241 e. The molecule has 1 aromatic carbocycles. The molecule has 0 radical (unpaired) electrons. The Morgan fingerprint density at radius 1 is 1.33 bits per heavy atom. The van der Waals surface area contributed by atoms with Crippen LogP contribution >= 0.6 is 0 Å². The van der Waals surface area contributed by atoms with Crippen LogP contribution in [0.1, 0.15) is 25.3 Å². The molecule has 2 N–H and O–H groups in total. The SMILES string of the molecule is CC1CCN(C(=O)CNS(=O)(=O)c2ccc3c(c2)CC(=O)N3)CC1. The van der Waals surface area contributed by atoms with E-state index in [1.54, 1.807) is 11.0 Å². The molecule has 0 aliphatic carbocycles. The second kappa shape index (κ2) is 6.52. The number of hydrogen-bond acceptors (Lipinski definition) is 4. The van der Waals surface area contributed by atoms with Crippen LogP contribution in [0.2, 0.25) is 0 Å². The molecule has 0 aromatic heterocycles. The molecule has 0 spiro atoms. The van der Waals surface area contributed by atoms with Gasteiger partial charge in [0.25, 0.3) is 0 Å². The molecule has 24 heavy (non-hydrogen) atoms. The Morgan fingerprint density at radius 3 is 2.75 bits per heavy atom. The molecule has 2 aliphatic heterocycles. The number of nitrogens with one attached hydrogen (secondary N) is 2. The lowest BCUT2D eigenvalue weighted by Gasteiger charge is -2.30. The second-order valence-electron chi connectivity index (χ2n) is 6.43. The molecule has 7 nitrogen and oxygen atoms in total. The van der Waals surface area contributed by atoms with Crippen molar-refractivity contribution in [2.75, 3.05) is 25.0 Å². The highest BCUT2D eigenvalue weighted by Crippen LogP contribution is 2.25. The van der Waals surface area contributed by atoms with Crippen LogP contribution in [0, 0.1) is 5.92 Å². The van der Waals surface area contributed by atoms with E-state index in [4.69, 9.17) is 0 Å². The number of likely N-dealkylation sites (tertiary alicyclic amines) is 1. The molecule has 0 bridgehead atoms. The fraction of sp³-hybridized carbons (Fsp3) is 0.500. The number of fused-ring (bicyclic) bond motifs is 1. The molecule has 1 fully saturated rings. The van der Waals surface area contributed by atoms with E-state index in [1.807, 2.05) is 0 Å². The number of benzene rings is 1. The lowest BCUT2D eigenvalue weighted by molar-refractivity contribution is -0.131. The minimum absolute atomic E-state index is 0.0674. The van der Waals surface area contributed by atoms with Crippen LogP contribution < -0.4 is 10.0 Å². The van der Waals surface area contributed by atoms with Crippen LogP contribution in [0.4, 0.5) is 5.69 Å². The molecule has 1 saturated heterocycles. The molecule has 2 amide bonds. The van der Waals surface area contributed by atoms with Gasteiger partial charge in [0.15, 0.2) is 0 Å². The van der Waals surface area contributed by atoms with E-state index in [2.05, 4.69) is 17.0 Å². The maximum Gasteiger partial charge on any atom is 0.241 e. The third-order valence-corrected chi connectivity index (χ3v) is 5.96. The van der Waals surface area contributed by atoms with Crippen LogP contribution in [0.3, 0.4) is 0 Å². The van der Waals surface area contributed by atoms with E-state index in [-0.39, 0.29) is 29.7 Å². The van der Waals surface area contributed by atoms with E-state index in [9.17, 15) is 18.0 Å². The largest absolute Gasteiger partial charge is 0.342 e. The third kappa shape index (κ3) is 3.59. The minimum Gasteiger partial charge on any atom is -0.342 e. The first-order valence-electron chi connectivity index (χ1n) is 8.05. The zero-order valence-corrected chi connectivity index (χ0v) is 14.4. The molecular weight excluding hydrogens is 330 g/mol. The summed E-state index contributed by atoms with van der Waals surface area (Å²) in [6.07, 6.45) is 2.07. The zero-order valence-electron chi connectivity index (χ0n) is 13.5. The van der Waals surface area contributed by atoms with Crippen molar-refractivity contribution in [1.82, 2.24) is 9.62 Å². The van der Waals surface area contributed by atoms with Crippen molar-refractivity contribution in [1.29, 1.82) is 0 Å². The first kappa shape index (κ1) is 16.9. The third-order valence-electron chi connectivity index (χ3n) is 4.56. The van der Waals surface area contributed by atoms with Crippen LogP contribution in [0.15, 0.2) is 23.1 Å². The fourth-order valence-corrected chi connectivity index (χ4v) is 4.01. The van der Waals surface area contributed by atoms with Crippen LogP contribution in [-0.4, -0.2) is 44.8 Å². The predicted octanol–water partition coefficient (Wildman–Crippen LogP) is 0.718. The summed E-state index contributed by atoms with van der Waals surface area (Å²) < 4.78 is 27.1. The van der Waals surface area contributed by atoms with Gasteiger partial charge in [-0.05, 0) is 42.5 Å². The van der Waals surface area contributed by atoms with Crippen molar-refractivity contribution in [2.45, 2.75) is 31.1 Å². The van der Waals surface area contributed by atoms with Gasteiger partial charge in [0.1, 0.15) is 0 Å². The molecule has 0 saturated carbocycles. The number of carbonyl (C=O) groups excluding carboxylic acids is 2. The fourth-order valence-electron chi connectivity index (χ4n) is 2.98. The Bertz CT molecular complexity index is 768. The highest BCUT2D eigenvalue weighted by atomic mass is 32.2. The Kier molecular flexibility index (Phi) is 4.60. The lowest BCUT2D eigenvalue weighted by atomic mass is 9.99. The maximum atomic E-state index is 12.4. The highest BCUT2D eigenvalue weighted by Gasteiger charge is 2.24. The standard InChI is InChI=1S/C16H21N3O4S/c1-11-4-6-19(7-5-11)16(21)10-17-24(22,23)13-2-3-14-12(8-13)9-15(20)18-14/h2-3,8,11,17H,4-7,9-10H2,1H3,(H,18,20). The summed E-state index contributed by atoms with van der Waals surface area (Å²) in [5, 5.41) is 2.66. The first-order chi connectivity index (χ1) is 11.3. The van der Waals surface area contributed by atoms with Crippen molar-refractivity contribution >= 4 is 27.5 Å². The topological polar surface area (TPSA) is 95.6 Å². The summed E-state index contributed by atoms with van der Waals surface area (Å²) in [4.78, 5) is 25.3. The van der Waals surface area contributed by atoms with Gasteiger partial charge in [0, 0.05) is 18.8 Å². The van der Waals surface area contributed by atoms with Crippen molar-refractivity contribution in [3.63, 3.8) is 0 Å². The quantitative estimate of drug-likeness (QED) is 0.835. The van der Waals surface area contributed by atoms with E-state index in [1.165, 1.54) is 12.1 Å². The maximum absolute atomic E-state index is 12.4. The Labute approximate surface area is 141 Å². The number of rotatable bonds is 4. The van der Waals surface area contributed by atoms with Gasteiger partial charge in [-0.1, -0.05) is 6.92 Å². The first-order valence-corrected chi connectivity index (χ1v) is 9.54. The lowest BCUT2D eigenvalue weighted by Crippen LogP contribution is -2.43. The zero-order chi connectivity index (χ0) is 17.3. The number of sulfonamides is 1. The normalized spacial score (nSPS) is 18.4.